The fourth-order valence-electron chi connectivity index (χ4n) is 2.81. The van der Waals surface area contributed by atoms with Crippen molar-refractivity contribution >= 4 is 29.1 Å². The van der Waals surface area contributed by atoms with E-state index in [9.17, 15) is 4.79 Å². The number of piperazine rings is 1. The number of carbonyl (C=O) groups excluding carboxylic acids is 1. The lowest BCUT2D eigenvalue weighted by Gasteiger charge is -2.34. The molecule has 0 bridgehead atoms. The Balaban J connectivity index is 1.63. The largest absolute Gasteiger partial charge is 0.441 e. The zero-order valence-corrected chi connectivity index (χ0v) is 14.9. The number of nitrogens with zero attached hydrogens (tertiary/aromatic N) is 2. The monoisotopic (exact) mass is 367 g/mol. The van der Waals surface area contributed by atoms with Crippen LogP contribution in [0.15, 0.2) is 28.8 Å². The average Bonchev–Trinajstić information content (AvgIpc) is 3.01. The smallest absolute Gasteiger partial charge is 0.223 e. The van der Waals surface area contributed by atoms with Crippen molar-refractivity contribution in [3.8, 4) is 11.3 Å². The van der Waals surface area contributed by atoms with Crippen LogP contribution in [0, 0.1) is 0 Å². The Morgan fingerprint density at radius 1 is 1.46 bits per heavy atom. The van der Waals surface area contributed by atoms with Crippen LogP contribution < -0.4 is 5.32 Å². The van der Waals surface area contributed by atoms with Crippen LogP contribution in [0.25, 0.3) is 11.3 Å². The summed E-state index contributed by atoms with van der Waals surface area (Å²) in [4.78, 5) is 18.5. The molecule has 0 radical (unpaired) electrons. The fraction of sp³-hybridized carbons (Fsp3) is 0.412. The van der Waals surface area contributed by atoms with Gasteiger partial charge in [-0.25, -0.2) is 4.98 Å². The van der Waals surface area contributed by atoms with Gasteiger partial charge in [-0.1, -0.05) is 23.2 Å². The molecule has 1 N–H and O–H groups in total. The predicted molar refractivity (Wildman–Crippen MR) is 94.3 cm³/mol. The van der Waals surface area contributed by atoms with Gasteiger partial charge in [-0.3, -0.25) is 4.79 Å². The summed E-state index contributed by atoms with van der Waals surface area (Å²) >= 11 is 12.1. The number of amides is 1. The van der Waals surface area contributed by atoms with Crippen molar-refractivity contribution < 1.29 is 9.21 Å². The Morgan fingerprint density at radius 2 is 2.29 bits per heavy atom. The highest BCUT2D eigenvalue weighted by molar-refractivity contribution is 6.36. The third-order valence-electron chi connectivity index (χ3n) is 4.12. The molecule has 1 atom stereocenters. The van der Waals surface area contributed by atoms with Gasteiger partial charge in [-0.05, 0) is 25.1 Å². The fourth-order valence-corrected chi connectivity index (χ4v) is 3.31. The molecule has 1 saturated heterocycles. The van der Waals surface area contributed by atoms with Gasteiger partial charge in [0.25, 0.3) is 0 Å². The molecule has 1 fully saturated rings. The first-order valence-corrected chi connectivity index (χ1v) is 8.70. The molecular weight excluding hydrogens is 349 g/mol. The second kappa shape index (κ2) is 7.55. The number of halogens is 2. The molecule has 0 aliphatic carbocycles. The summed E-state index contributed by atoms with van der Waals surface area (Å²) in [6.45, 7) is 4.48. The number of aromatic nitrogens is 1. The summed E-state index contributed by atoms with van der Waals surface area (Å²) < 4.78 is 5.73. The SMILES string of the molecule is C[C@@H]1CNCCN1C(=O)CCc1ncc(-c2ccc(Cl)cc2Cl)o1. The van der Waals surface area contributed by atoms with Crippen molar-refractivity contribution in [1.82, 2.24) is 15.2 Å². The second-order valence-corrected chi connectivity index (χ2v) is 6.73. The highest BCUT2D eigenvalue weighted by Crippen LogP contribution is 2.30. The van der Waals surface area contributed by atoms with Gasteiger partial charge < -0.3 is 14.6 Å². The molecule has 24 heavy (non-hydrogen) atoms. The Morgan fingerprint density at radius 3 is 3.04 bits per heavy atom. The minimum Gasteiger partial charge on any atom is -0.441 e. The molecule has 1 aromatic heterocycles. The van der Waals surface area contributed by atoms with Gasteiger partial charge in [0.1, 0.15) is 0 Å². The van der Waals surface area contributed by atoms with Crippen LogP contribution in [0.3, 0.4) is 0 Å². The first kappa shape index (κ1) is 17.3. The lowest BCUT2D eigenvalue weighted by atomic mass is 10.2. The number of carbonyl (C=O) groups is 1. The molecule has 1 amide bonds. The quantitative estimate of drug-likeness (QED) is 0.899. The van der Waals surface area contributed by atoms with Crippen LogP contribution in [0.5, 0.6) is 0 Å². The topological polar surface area (TPSA) is 58.4 Å². The molecular formula is C17H19Cl2N3O2. The maximum Gasteiger partial charge on any atom is 0.223 e. The average molecular weight is 368 g/mol. The molecule has 0 spiro atoms. The van der Waals surface area contributed by atoms with Crippen LogP contribution in [-0.4, -0.2) is 41.5 Å². The maximum atomic E-state index is 12.3. The van der Waals surface area contributed by atoms with Gasteiger partial charge in [0, 0.05) is 49.1 Å². The van der Waals surface area contributed by atoms with Crippen molar-refractivity contribution in [2.45, 2.75) is 25.8 Å². The van der Waals surface area contributed by atoms with Crippen molar-refractivity contribution in [2.75, 3.05) is 19.6 Å². The second-order valence-electron chi connectivity index (χ2n) is 5.88. The maximum absolute atomic E-state index is 12.3. The molecule has 2 aromatic rings. The van der Waals surface area contributed by atoms with Crippen molar-refractivity contribution in [2.24, 2.45) is 0 Å². The molecule has 128 valence electrons. The number of oxazole rings is 1. The molecule has 0 saturated carbocycles. The van der Waals surface area contributed by atoms with E-state index in [4.69, 9.17) is 27.6 Å². The van der Waals surface area contributed by atoms with Crippen molar-refractivity contribution in [1.29, 1.82) is 0 Å². The Labute approximate surface area is 150 Å². The lowest BCUT2D eigenvalue weighted by molar-refractivity contribution is -0.134. The molecule has 0 unspecified atom stereocenters. The molecule has 1 aliphatic rings. The lowest BCUT2D eigenvalue weighted by Crippen LogP contribution is -2.52. The van der Waals surface area contributed by atoms with E-state index in [0.29, 0.717) is 34.5 Å². The van der Waals surface area contributed by atoms with Crippen LogP contribution >= 0.6 is 23.2 Å². The van der Waals surface area contributed by atoms with Gasteiger partial charge in [-0.15, -0.1) is 0 Å². The van der Waals surface area contributed by atoms with Crippen molar-refractivity contribution in [3.63, 3.8) is 0 Å². The summed E-state index contributed by atoms with van der Waals surface area (Å²) in [5, 5.41) is 4.36. The number of benzene rings is 1. The predicted octanol–water partition coefficient (Wildman–Crippen LogP) is 3.40. The van der Waals surface area contributed by atoms with E-state index in [1.165, 1.54) is 0 Å². The number of hydrogen-bond acceptors (Lipinski definition) is 4. The molecule has 2 heterocycles. The van der Waals surface area contributed by atoms with E-state index in [-0.39, 0.29) is 11.9 Å². The summed E-state index contributed by atoms with van der Waals surface area (Å²) in [7, 11) is 0. The van der Waals surface area contributed by atoms with E-state index in [0.717, 1.165) is 25.2 Å². The standard InChI is InChI=1S/C17H19Cl2N3O2/c1-11-9-20-6-7-22(11)17(23)5-4-16-21-10-15(24-16)13-3-2-12(18)8-14(13)19/h2-3,8,10-11,20H,4-7,9H2,1H3/t11-/m1/s1. The van der Waals surface area contributed by atoms with Gasteiger partial charge in [0.15, 0.2) is 11.7 Å². The van der Waals surface area contributed by atoms with Crippen LogP contribution in [-0.2, 0) is 11.2 Å². The number of nitrogens with one attached hydrogen (secondary N) is 1. The van der Waals surface area contributed by atoms with Gasteiger partial charge in [-0.2, -0.15) is 0 Å². The van der Waals surface area contributed by atoms with E-state index in [1.807, 2.05) is 4.90 Å². The normalized spacial score (nSPS) is 18.0. The van der Waals surface area contributed by atoms with Crippen LogP contribution in [0.4, 0.5) is 0 Å². The minimum atomic E-state index is 0.133. The summed E-state index contributed by atoms with van der Waals surface area (Å²) in [5.41, 5.74) is 0.738. The first-order valence-electron chi connectivity index (χ1n) is 7.95. The minimum absolute atomic E-state index is 0.133. The highest BCUT2D eigenvalue weighted by Gasteiger charge is 2.23. The third kappa shape index (κ3) is 3.91. The third-order valence-corrected chi connectivity index (χ3v) is 4.67. The summed E-state index contributed by atoms with van der Waals surface area (Å²) in [5.74, 6) is 1.25. The van der Waals surface area contributed by atoms with E-state index in [2.05, 4.69) is 17.2 Å². The van der Waals surface area contributed by atoms with E-state index in [1.54, 1.807) is 24.4 Å². The molecule has 3 rings (SSSR count). The summed E-state index contributed by atoms with van der Waals surface area (Å²) in [6, 6.07) is 5.43. The highest BCUT2D eigenvalue weighted by atomic mass is 35.5. The van der Waals surface area contributed by atoms with Gasteiger partial charge >= 0.3 is 0 Å². The molecule has 1 aromatic carbocycles. The van der Waals surface area contributed by atoms with Crippen LogP contribution in [0.2, 0.25) is 10.0 Å². The Hall–Kier alpha value is -1.56. The molecule has 1 aliphatic heterocycles. The first-order chi connectivity index (χ1) is 11.5. The Bertz CT molecular complexity index is 732. The zero-order chi connectivity index (χ0) is 17.1. The van der Waals surface area contributed by atoms with Crippen molar-refractivity contribution in [3.05, 3.63) is 40.3 Å². The number of rotatable bonds is 4. The van der Waals surface area contributed by atoms with Gasteiger partial charge in [0.05, 0.1) is 11.2 Å². The zero-order valence-electron chi connectivity index (χ0n) is 13.4. The number of aryl methyl sites for hydroxylation is 1. The molecule has 5 nitrogen and oxygen atoms in total. The Kier molecular flexibility index (Phi) is 5.43. The number of hydrogen-bond donors (Lipinski definition) is 1. The van der Waals surface area contributed by atoms with Gasteiger partial charge in [0.2, 0.25) is 5.91 Å². The van der Waals surface area contributed by atoms with Crippen LogP contribution in [0.1, 0.15) is 19.2 Å². The molecule has 7 heteroatoms. The van der Waals surface area contributed by atoms with E-state index < -0.39 is 0 Å². The van der Waals surface area contributed by atoms with E-state index >= 15 is 0 Å². The summed E-state index contributed by atoms with van der Waals surface area (Å²) in [6.07, 6.45) is 2.49.